The van der Waals surface area contributed by atoms with Crippen molar-refractivity contribution in [1.82, 2.24) is 20.4 Å². The predicted octanol–water partition coefficient (Wildman–Crippen LogP) is 2.21. The Labute approximate surface area is 130 Å². The molecule has 0 aliphatic heterocycles. The molecule has 10 heteroatoms. The van der Waals surface area contributed by atoms with Crippen molar-refractivity contribution in [2.75, 3.05) is 22.9 Å². The molecule has 2 heterocycles. The summed E-state index contributed by atoms with van der Waals surface area (Å²) in [6.45, 7) is 6.64. The molecule has 8 nitrogen and oxygen atoms in total. The van der Waals surface area contributed by atoms with Crippen LogP contribution in [0.4, 0.5) is 11.1 Å². The Morgan fingerprint density at radius 2 is 2.14 bits per heavy atom. The Kier molecular flexibility index (Phi) is 5.51. The van der Waals surface area contributed by atoms with Gasteiger partial charge >= 0.3 is 6.01 Å². The van der Waals surface area contributed by atoms with Crippen molar-refractivity contribution in [3.05, 3.63) is 5.89 Å². The van der Waals surface area contributed by atoms with E-state index < -0.39 is 0 Å². The summed E-state index contributed by atoms with van der Waals surface area (Å²) in [5.74, 6) is 0.611. The number of hydrogen-bond acceptors (Lipinski definition) is 9. The summed E-state index contributed by atoms with van der Waals surface area (Å²) in [4.78, 5) is 11.8. The molecule has 0 aliphatic rings. The molecule has 0 unspecified atom stereocenters. The maximum atomic E-state index is 11.8. The number of carbonyl (C=O) groups excluding carboxylic acids is 1. The monoisotopic (exact) mass is 328 g/mol. The van der Waals surface area contributed by atoms with Crippen molar-refractivity contribution in [2.45, 2.75) is 31.0 Å². The minimum atomic E-state index is -0.223. The van der Waals surface area contributed by atoms with Crippen LogP contribution in [0.2, 0.25) is 0 Å². The largest absolute Gasteiger partial charge is 0.408 e. The highest BCUT2D eigenvalue weighted by molar-refractivity contribution is 8.01. The molecule has 0 fully saturated rings. The van der Waals surface area contributed by atoms with Gasteiger partial charge in [-0.1, -0.05) is 42.0 Å². The van der Waals surface area contributed by atoms with Crippen LogP contribution in [0.5, 0.6) is 0 Å². The third-order valence-corrected chi connectivity index (χ3v) is 4.26. The number of hydrogen-bond donors (Lipinski definition) is 2. The van der Waals surface area contributed by atoms with Gasteiger partial charge in [0.2, 0.25) is 16.9 Å². The lowest BCUT2D eigenvalue weighted by Gasteiger charge is -1.98. The van der Waals surface area contributed by atoms with Gasteiger partial charge in [0.15, 0.2) is 4.34 Å². The summed E-state index contributed by atoms with van der Waals surface area (Å²) in [5.41, 5.74) is 0. The first-order valence-corrected chi connectivity index (χ1v) is 8.22. The summed E-state index contributed by atoms with van der Waals surface area (Å²) in [7, 11) is 0. The van der Waals surface area contributed by atoms with Crippen LogP contribution in [0.25, 0.3) is 0 Å². The zero-order chi connectivity index (χ0) is 15.2. The van der Waals surface area contributed by atoms with Gasteiger partial charge in [0.25, 0.3) is 0 Å². The molecule has 0 saturated heterocycles. The summed E-state index contributed by atoms with van der Waals surface area (Å²) < 4.78 is 6.04. The first-order valence-electron chi connectivity index (χ1n) is 6.42. The van der Waals surface area contributed by atoms with E-state index in [9.17, 15) is 4.79 Å². The van der Waals surface area contributed by atoms with Gasteiger partial charge < -0.3 is 9.73 Å². The van der Waals surface area contributed by atoms with Crippen molar-refractivity contribution < 1.29 is 9.21 Å². The summed E-state index contributed by atoms with van der Waals surface area (Å²) in [6.07, 6.45) is 0. The van der Waals surface area contributed by atoms with Crippen LogP contribution in [-0.4, -0.2) is 38.6 Å². The Bertz CT molecular complexity index is 597. The van der Waals surface area contributed by atoms with E-state index in [1.54, 1.807) is 0 Å². The van der Waals surface area contributed by atoms with Gasteiger partial charge in [0.05, 0.1) is 5.75 Å². The maximum absolute atomic E-state index is 11.8. The van der Waals surface area contributed by atoms with Crippen LogP contribution in [-0.2, 0) is 4.79 Å². The van der Waals surface area contributed by atoms with Gasteiger partial charge in [-0.25, -0.2) is 0 Å². The molecular formula is C11H16N6O2S2. The fourth-order valence-corrected chi connectivity index (χ4v) is 2.91. The first-order chi connectivity index (χ1) is 10.1. The van der Waals surface area contributed by atoms with E-state index in [1.807, 2.05) is 20.8 Å². The van der Waals surface area contributed by atoms with Crippen molar-refractivity contribution >= 4 is 40.2 Å². The van der Waals surface area contributed by atoms with Crippen molar-refractivity contribution in [1.29, 1.82) is 0 Å². The molecule has 2 rings (SSSR count). The quantitative estimate of drug-likeness (QED) is 0.745. The summed E-state index contributed by atoms with van der Waals surface area (Å²) in [5, 5.41) is 21.9. The smallest absolute Gasteiger partial charge is 0.322 e. The maximum Gasteiger partial charge on any atom is 0.322 e. The minimum Gasteiger partial charge on any atom is -0.408 e. The van der Waals surface area contributed by atoms with Gasteiger partial charge in [-0.3, -0.25) is 10.1 Å². The highest BCUT2D eigenvalue weighted by Crippen LogP contribution is 2.25. The van der Waals surface area contributed by atoms with Crippen LogP contribution in [0, 0.1) is 0 Å². The molecular weight excluding hydrogens is 312 g/mol. The third-order valence-electron chi connectivity index (χ3n) is 2.24. The van der Waals surface area contributed by atoms with E-state index >= 15 is 0 Å². The second kappa shape index (κ2) is 7.36. The number of nitrogens with one attached hydrogen (secondary N) is 2. The highest BCUT2D eigenvalue weighted by atomic mass is 32.2. The fourth-order valence-electron chi connectivity index (χ4n) is 1.29. The first kappa shape index (κ1) is 15.7. The molecule has 1 amide bonds. The zero-order valence-corrected chi connectivity index (χ0v) is 13.5. The fraction of sp³-hybridized carbons (Fsp3) is 0.545. The number of carbonyl (C=O) groups is 1. The third kappa shape index (κ3) is 4.67. The van der Waals surface area contributed by atoms with Crippen molar-refractivity contribution in [2.24, 2.45) is 0 Å². The number of thioether (sulfide) groups is 1. The Balaban J connectivity index is 1.80. The molecule has 114 valence electrons. The molecule has 2 N–H and O–H groups in total. The topological polar surface area (TPSA) is 106 Å². The number of anilines is 2. The predicted molar refractivity (Wildman–Crippen MR) is 81.8 cm³/mol. The van der Waals surface area contributed by atoms with Crippen LogP contribution in [0.1, 0.15) is 32.6 Å². The van der Waals surface area contributed by atoms with E-state index in [1.165, 1.54) is 23.1 Å². The molecule has 2 aromatic rings. The molecule has 2 aromatic heterocycles. The van der Waals surface area contributed by atoms with E-state index in [0.29, 0.717) is 5.89 Å². The SMILES string of the molecule is CCNc1nnc(SCC(=O)Nc2nnc(C(C)C)o2)s1. The average Bonchev–Trinajstić information content (AvgIpc) is 3.06. The van der Waals surface area contributed by atoms with Crippen LogP contribution < -0.4 is 10.6 Å². The van der Waals surface area contributed by atoms with E-state index in [0.717, 1.165) is 16.0 Å². The van der Waals surface area contributed by atoms with Crippen LogP contribution in [0.3, 0.4) is 0 Å². The average molecular weight is 328 g/mol. The Morgan fingerprint density at radius 1 is 1.33 bits per heavy atom. The Morgan fingerprint density at radius 3 is 2.81 bits per heavy atom. The van der Waals surface area contributed by atoms with Crippen LogP contribution in [0.15, 0.2) is 8.76 Å². The van der Waals surface area contributed by atoms with E-state index in [-0.39, 0.29) is 23.6 Å². The summed E-state index contributed by atoms with van der Waals surface area (Å²) >= 11 is 2.72. The highest BCUT2D eigenvalue weighted by Gasteiger charge is 2.13. The van der Waals surface area contributed by atoms with Gasteiger partial charge in [0.1, 0.15) is 0 Å². The molecule has 0 atom stereocenters. The van der Waals surface area contributed by atoms with Gasteiger partial charge in [0, 0.05) is 12.5 Å². The van der Waals surface area contributed by atoms with Crippen LogP contribution >= 0.6 is 23.1 Å². The van der Waals surface area contributed by atoms with Crippen molar-refractivity contribution in [3.8, 4) is 0 Å². The summed E-state index contributed by atoms with van der Waals surface area (Å²) in [6, 6.07) is 0.120. The molecule has 21 heavy (non-hydrogen) atoms. The van der Waals surface area contributed by atoms with E-state index in [4.69, 9.17) is 4.42 Å². The molecule has 0 aliphatic carbocycles. The standard InChI is InChI=1S/C11H16N6O2S2/c1-4-12-10-16-17-11(21-10)20-5-7(18)13-9-15-14-8(19-9)6(2)3/h6H,4-5H2,1-3H3,(H,12,16)(H,13,15,18). The normalized spacial score (nSPS) is 10.9. The lowest BCUT2D eigenvalue weighted by Crippen LogP contribution is -2.14. The molecule has 0 radical (unpaired) electrons. The molecule has 0 bridgehead atoms. The lowest BCUT2D eigenvalue weighted by molar-refractivity contribution is -0.113. The van der Waals surface area contributed by atoms with Gasteiger partial charge in [-0.15, -0.1) is 15.3 Å². The second-order valence-corrected chi connectivity index (χ2v) is 6.54. The van der Waals surface area contributed by atoms with Gasteiger partial charge in [-0.2, -0.15) is 0 Å². The van der Waals surface area contributed by atoms with Gasteiger partial charge in [-0.05, 0) is 6.92 Å². The second-order valence-electron chi connectivity index (χ2n) is 4.34. The number of aromatic nitrogens is 4. The molecule has 0 spiro atoms. The zero-order valence-electron chi connectivity index (χ0n) is 11.9. The number of nitrogens with zero attached hydrogens (tertiary/aromatic N) is 4. The van der Waals surface area contributed by atoms with Crippen molar-refractivity contribution in [3.63, 3.8) is 0 Å². The number of amides is 1. The molecule has 0 aromatic carbocycles. The Hall–Kier alpha value is -1.68. The van der Waals surface area contributed by atoms with E-state index in [2.05, 4.69) is 31.0 Å². The molecule has 0 saturated carbocycles. The minimum absolute atomic E-state index is 0.120. The lowest BCUT2D eigenvalue weighted by atomic mass is 10.2. The number of rotatable bonds is 7.